The van der Waals surface area contributed by atoms with Crippen molar-refractivity contribution in [2.75, 3.05) is 20.3 Å². The van der Waals surface area contributed by atoms with E-state index in [-0.39, 0.29) is 42.6 Å². The molecule has 0 atom stereocenters. The third-order valence-corrected chi connectivity index (χ3v) is 6.56. The zero-order valence-corrected chi connectivity index (χ0v) is 21.5. The van der Waals surface area contributed by atoms with Crippen LogP contribution in [-0.4, -0.2) is 45.6 Å². The van der Waals surface area contributed by atoms with E-state index in [4.69, 9.17) is 9.47 Å². The van der Waals surface area contributed by atoms with Gasteiger partial charge in [0.1, 0.15) is 5.82 Å². The van der Waals surface area contributed by atoms with Gasteiger partial charge in [-0.3, -0.25) is 19.3 Å². The second kappa shape index (κ2) is 11.2. The summed E-state index contributed by atoms with van der Waals surface area (Å²) < 4.78 is 42.7. The number of pyridine rings is 2. The van der Waals surface area contributed by atoms with Gasteiger partial charge in [-0.25, -0.2) is 8.78 Å². The first-order valence-corrected chi connectivity index (χ1v) is 12.4. The van der Waals surface area contributed by atoms with E-state index in [9.17, 15) is 18.4 Å². The van der Waals surface area contributed by atoms with Gasteiger partial charge in [0.15, 0.2) is 11.6 Å². The van der Waals surface area contributed by atoms with Gasteiger partial charge in [-0.1, -0.05) is 18.2 Å². The molecular weight excluding hydrogens is 508 g/mol. The molecule has 1 fully saturated rings. The van der Waals surface area contributed by atoms with Crippen LogP contribution in [-0.2, 0) is 24.4 Å². The van der Waals surface area contributed by atoms with Crippen LogP contribution in [0.2, 0.25) is 0 Å². The van der Waals surface area contributed by atoms with E-state index in [0.29, 0.717) is 35.6 Å². The third-order valence-electron chi connectivity index (χ3n) is 6.56. The second-order valence-corrected chi connectivity index (χ2v) is 9.41. The predicted octanol–water partition coefficient (Wildman–Crippen LogP) is 3.18. The lowest BCUT2D eigenvalue weighted by Crippen LogP contribution is -2.30. The van der Waals surface area contributed by atoms with Crippen LogP contribution in [0, 0.1) is 18.6 Å². The molecule has 4 heterocycles. The summed E-state index contributed by atoms with van der Waals surface area (Å²) >= 11 is 0. The maximum Gasteiger partial charge on any atom is 0.255 e. The zero-order valence-electron chi connectivity index (χ0n) is 21.5. The second-order valence-electron chi connectivity index (χ2n) is 9.41. The number of ether oxygens (including phenoxy) is 2. The highest BCUT2D eigenvalue weighted by molar-refractivity contribution is 5.95. The third kappa shape index (κ3) is 5.73. The summed E-state index contributed by atoms with van der Waals surface area (Å²) in [4.78, 5) is 29.1. The smallest absolute Gasteiger partial charge is 0.255 e. The lowest BCUT2D eigenvalue weighted by molar-refractivity contribution is 0.00620. The molecule has 1 N–H and O–H groups in total. The molecule has 0 unspecified atom stereocenters. The summed E-state index contributed by atoms with van der Waals surface area (Å²) in [6.45, 7) is 2.95. The van der Waals surface area contributed by atoms with Crippen molar-refractivity contribution in [3.63, 3.8) is 0 Å². The molecule has 202 valence electrons. The lowest BCUT2D eigenvalue weighted by atomic mass is 10.00. The number of aromatic nitrogens is 4. The van der Waals surface area contributed by atoms with Crippen molar-refractivity contribution in [3.8, 4) is 5.75 Å². The highest BCUT2D eigenvalue weighted by atomic mass is 19.1. The molecule has 9 nitrogen and oxygen atoms in total. The topological polar surface area (TPSA) is 100 Å². The maximum absolute atomic E-state index is 15.0. The monoisotopic (exact) mass is 535 g/mol. The van der Waals surface area contributed by atoms with Crippen molar-refractivity contribution < 1.29 is 23.0 Å². The molecule has 4 aromatic rings. The van der Waals surface area contributed by atoms with Crippen molar-refractivity contribution in [3.05, 3.63) is 111 Å². The van der Waals surface area contributed by atoms with Gasteiger partial charge < -0.3 is 19.4 Å². The molecule has 1 aliphatic rings. The van der Waals surface area contributed by atoms with E-state index in [2.05, 4.69) is 15.4 Å². The molecule has 1 saturated heterocycles. The van der Waals surface area contributed by atoms with E-state index in [1.54, 1.807) is 35.3 Å². The number of nitrogens with one attached hydrogen (secondary N) is 1. The molecule has 0 aliphatic carbocycles. The van der Waals surface area contributed by atoms with Crippen LogP contribution in [0.4, 0.5) is 8.78 Å². The molecule has 0 bridgehead atoms. The predicted molar refractivity (Wildman–Crippen MR) is 138 cm³/mol. The maximum atomic E-state index is 15.0. The Morgan fingerprint density at radius 1 is 1.15 bits per heavy atom. The number of nitrogens with zero attached hydrogens (tertiary/aromatic N) is 4. The molecule has 0 spiro atoms. The highest BCUT2D eigenvalue weighted by Crippen LogP contribution is 2.26. The number of hydrogen-bond donors (Lipinski definition) is 1. The summed E-state index contributed by atoms with van der Waals surface area (Å²) in [6.07, 6.45) is 4.69. The van der Waals surface area contributed by atoms with Gasteiger partial charge in [0, 0.05) is 36.3 Å². The molecule has 39 heavy (non-hydrogen) atoms. The number of aryl methyl sites for hydroxylation is 1. The Kier molecular flexibility index (Phi) is 7.51. The van der Waals surface area contributed by atoms with Gasteiger partial charge in [0.2, 0.25) is 0 Å². The Bertz CT molecular complexity index is 1580. The van der Waals surface area contributed by atoms with E-state index < -0.39 is 17.5 Å². The highest BCUT2D eigenvalue weighted by Gasteiger charge is 2.29. The van der Waals surface area contributed by atoms with Crippen LogP contribution < -0.4 is 15.6 Å². The van der Waals surface area contributed by atoms with Crippen LogP contribution in [0.1, 0.15) is 44.4 Å². The summed E-state index contributed by atoms with van der Waals surface area (Å²) in [6, 6.07) is 9.39. The van der Waals surface area contributed by atoms with E-state index in [1.165, 1.54) is 36.1 Å². The number of hydrogen-bond acceptors (Lipinski definition) is 6. The largest absolute Gasteiger partial charge is 0.494 e. The molecule has 11 heteroatoms. The molecular formula is C28H27F2N5O4. The van der Waals surface area contributed by atoms with Crippen LogP contribution in [0.3, 0.4) is 0 Å². The normalized spacial score (nSPS) is 13.2. The fraction of sp³-hybridized carbons (Fsp3) is 0.286. The van der Waals surface area contributed by atoms with Crippen LogP contribution in [0.15, 0.2) is 59.8 Å². The van der Waals surface area contributed by atoms with Crippen molar-refractivity contribution in [1.82, 2.24) is 24.6 Å². The summed E-state index contributed by atoms with van der Waals surface area (Å²) in [5.74, 6) is -1.52. The minimum Gasteiger partial charge on any atom is -0.494 e. The van der Waals surface area contributed by atoms with E-state index >= 15 is 0 Å². The average molecular weight is 536 g/mol. The SMILES string of the molecule is COc1ccnc(CNC(=O)c2cn(Cc3ccc(Cn4cc(C)ccc4=O)c(F)c3)nc2C2COC2)c1F. The molecule has 5 rings (SSSR count). The fourth-order valence-electron chi connectivity index (χ4n) is 4.36. The van der Waals surface area contributed by atoms with Crippen molar-refractivity contribution in [2.45, 2.75) is 32.5 Å². The van der Waals surface area contributed by atoms with Crippen LogP contribution in [0.25, 0.3) is 0 Å². The summed E-state index contributed by atoms with van der Waals surface area (Å²) in [7, 11) is 1.35. The minimum atomic E-state index is -0.638. The molecule has 1 aromatic carbocycles. The molecule has 0 saturated carbocycles. The Hall–Kier alpha value is -4.38. The Morgan fingerprint density at radius 2 is 1.97 bits per heavy atom. The van der Waals surface area contributed by atoms with E-state index in [1.807, 2.05) is 6.92 Å². The molecule has 1 aliphatic heterocycles. The lowest BCUT2D eigenvalue weighted by Gasteiger charge is -2.25. The van der Waals surface area contributed by atoms with Crippen molar-refractivity contribution in [1.29, 1.82) is 0 Å². The zero-order chi connectivity index (χ0) is 27.5. The Balaban J connectivity index is 1.32. The minimum absolute atomic E-state index is 0.0403. The van der Waals surface area contributed by atoms with Gasteiger partial charge in [-0.2, -0.15) is 5.10 Å². The van der Waals surface area contributed by atoms with Gasteiger partial charge in [0.05, 0.1) is 62.8 Å². The first kappa shape index (κ1) is 26.2. The summed E-state index contributed by atoms with van der Waals surface area (Å²) in [5, 5.41) is 7.29. The number of carbonyl (C=O) groups is 1. The first-order valence-electron chi connectivity index (χ1n) is 12.4. The average Bonchev–Trinajstić information content (AvgIpc) is 3.28. The number of rotatable bonds is 9. The van der Waals surface area contributed by atoms with E-state index in [0.717, 1.165) is 5.56 Å². The van der Waals surface area contributed by atoms with Gasteiger partial charge in [-0.05, 0) is 24.1 Å². The Labute approximate surface area is 223 Å². The molecule has 3 aromatic heterocycles. The number of amides is 1. The van der Waals surface area contributed by atoms with Crippen LogP contribution in [0.5, 0.6) is 5.75 Å². The van der Waals surface area contributed by atoms with Gasteiger partial charge >= 0.3 is 0 Å². The fourth-order valence-corrected chi connectivity index (χ4v) is 4.36. The first-order chi connectivity index (χ1) is 18.8. The quantitative estimate of drug-likeness (QED) is 0.354. The molecule has 1 amide bonds. The molecule has 0 radical (unpaired) electrons. The van der Waals surface area contributed by atoms with Gasteiger partial charge in [0.25, 0.3) is 11.5 Å². The number of methoxy groups -OCH3 is 1. The summed E-state index contributed by atoms with van der Waals surface area (Å²) in [5.41, 5.74) is 2.67. The number of halogens is 2. The number of benzene rings is 1. The van der Waals surface area contributed by atoms with Crippen molar-refractivity contribution in [2.24, 2.45) is 0 Å². The van der Waals surface area contributed by atoms with Crippen molar-refractivity contribution >= 4 is 5.91 Å². The standard InChI is InChI=1S/C28H27F2N5O4/c1-17-3-6-25(36)34(11-17)13-19-5-4-18(9-22(19)29)12-35-14-21(27(33-35)20-15-39-16-20)28(37)32-10-23-26(30)24(38-2)7-8-31-23/h3-9,11,14,20H,10,12-13,15-16H2,1-2H3,(H,32,37). The number of carbonyl (C=O) groups excluding carboxylic acids is 1. The van der Waals surface area contributed by atoms with Gasteiger partial charge in [-0.15, -0.1) is 0 Å². The Morgan fingerprint density at radius 3 is 2.69 bits per heavy atom. The van der Waals surface area contributed by atoms with Crippen LogP contribution >= 0.6 is 0 Å².